The molecule has 1 aliphatic heterocycles. The van der Waals surface area contributed by atoms with Gasteiger partial charge >= 0.3 is 12.1 Å². The first kappa shape index (κ1) is 23.8. The highest BCUT2D eigenvalue weighted by Gasteiger charge is 2.37. The zero-order chi connectivity index (χ0) is 24.2. The molecule has 34 heavy (non-hydrogen) atoms. The maximum absolute atomic E-state index is 12.5. The van der Waals surface area contributed by atoms with E-state index < -0.39 is 18.0 Å². The summed E-state index contributed by atoms with van der Waals surface area (Å²) in [5.41, 5.74) is 4.70. The Morgan fingerprint density at radius 1 is 1.06 bits per heavy atom. The van der Waals surface area contributed by atoms with E-state index in [1.54, 1.807) is 11.8 Å². The van der Waals surface area contributed by atoms with E-state index in [4.69, 9.17) is 9.84 Å². The molecule has 7 nitrogen and oxygen atoms in total. The quantitative estimate of drug-likeness (QED) is 0.582. The van der Waals surface area contributed by atoms with Gasteiger partial charge in [-0.25, -0.2) is 4.79 Å². The minimum atomic E-state index is -0.823. The first-order valence-corrected chi connectivity index (χ1v) is 12.0. The number of nitrogens with one attached hydrogen (secondary N) is 1. The SMILES string of the molecule is CCC(CNC(=O)OCC1c2ccccc2-c2ccccc21)CC(=O)N1CC(C(C)C(=O)O)C1. The molecule has 0 radical (unpaired) electrons. The van der Waals surface area contributed by atoms with Crippen LogP contribution < -0.4 is 5.32 Å². The second-order valence-corrected chi connectivity index (χ2v) is 9.37. The van der Waals surface area contributed by atoms with Gasteiger partial charge in [0, 0.05) is 37.9 Å². The van der Waals surface area contributed by atoms with E-state index in [2.05, 4.69) is 29.6 Å². The number of carbonyl (C=O) groups is 3. The van der Waals surface area contributed by atoms with Crippen molar-refractivity contribution in [3.63, 3.8) is 0 Å². The summed E-state index contributed by atoms with van der Waals surface area (Å²) in [7, 11) is 0. The van der Waals surface area contributed by atoms with Gasteiger partial charge in [-0.2, -0.15) is 0 Å². The molecule has 0 aromatic heterocycles. The summed E-state index contributed by atoms with van der Waals surface area (Å²) in [4.78, 5) is 37.8. The number of carbonyl (C=O) groups excluding carboxylic acids is 2. The lowest BCUT2D eigenvalue weighted by atomic mass is 9.86. The van der Waals surface area contributed by atoms with Crippen LogP contribution in [-0.4, -0.2) is 54.2 Å². The summed E-state index contributed by atoms with van der Waals surface area (Å²) < 4.78 is 5.58. The fourth-order valence-corrected chi connectivity index (χ4v) is 4.85. The molecule has 180 valence electrons. The number of fused-ring (bicyclic) bond motifs is 3. The summed E-state index contributed by atoms with van der Waals surface area (Å²) in [6, 6.07) is 16.4. The average Bonchev–Trinajstić information content (AvgIpc) is 3.13. The van der Waals surface area contributed by atoms with Crippen molar-refractivity contribution in [1.29, 1.82) is 0 Å². The summed E-state index contributed by atoms with van der Waals surface area (Å²) in [5, 5.41) is 11.9. The van der Waals surface area contributed by atoms with Crippen molar-refractivity contribution < 1.29 is 24.2 Å². The second-order valence-electron chi connectivity index (χ2n) is 9.37. The van der Waals surface area contributed by atoms with E-state index >= 15 is 0 Å². The number of aliphatic carboxylic acids is 1. The summed E-state index contributed by atoms with van der Waals surface area (Å²) in [6.07, 6.45) is 0.596. The Morgan fingerprint density at radius 2 is 1.65 bits per heavy atom. The predicted octanol–water partition coefficient (Wildman–Crippen LogP) is 4.12. The van der Waals surface area contributed by atoms with Gasteiger partial charge in [-0.1, -0.05) is 68.8 Å². The molecule has 1 heterocycles. The number of carboxylic acid groups (broad SMARTS) is 1. The van der Waals surface area contributed by atoms with Crippen LogP contribution in [0.1, 0.15) is 43.7 Å². The molecule has 4 rings (SSSR count). The molecule has 2 unspecified atom stereocenters. The zero-order valence-corrected chi connectivity index (χ0v) is 19.7. The molecule has 7 heteroatoms. The smallest absolute Gasteiger partial charge is 0.407 e. The Balaban J connectivity index is 1.24. The maximum atomic E-state index is 12.5. The monoisotopic (exact) mass is 464 g/mol. The Bertz CT molecular complexity index is 1020. The molecule has 1 aliphatic carbocycles. The van der Waals surface area contributed by atoms with Crippen molar-refractivity contribution in [1.82, 2.24) is 10.2 Å². The maximum Gasteiger partial charge on any atom is 0.407 e. The standard InChI is InChI=1S/C27H32N2O5/c1-3-18(12-25(30)29-14-19(15-29)17(2)26(31)32)13-28-27(33)34-16-24-22-10-6-4-8-20(22)21-9-5-7-11-23(21)24/h4-11,17-19,24H,3,12-16H2,1-2H3,(H,28,33)(H,31,32). The number of rotatable bonds is 9. The molecule has 2 N–H and O–H groups in total. The first-order valence-electron chi connectivity index (χ1n) is 12.0. The van der Waals surface area contributed by atoms with E-state index in [1.807, 2.05) is 31.2 Å². The van der Waals surface area contributed by atoms with Crippen LogP contribution in [0, 0.1) is 17.8 Å². The third-order valence-electron chi connectivity index (χ3n) is 7.28. The van der Waals surface area contributed by atoms with Gasteiger partial charge in [0.05, 0.1) is 5.92 Å². The second kappa shape index (κ2) is 10.3. The highest BCUT2D eigenvalue weighted by Crippen LogP contribution is 2.44. The minimum absolute atomic E-state index is 0.00364. The predicted molar refractivity (Wildman–Crippen MR) is 128 cm³/mol. The Kier molecular flexibility index (Phi) is 7.20. The number of nitrogens with zero attached hydrogens (tertiary/aromatic N) is 1. The molecule has 1 fully saturated rings. The number of amides is 2. The van der Waals surface area contributed by atoms with E-state index in [-0.39, 0.29) is 30.3 Å². The van der Waals surface area contributed by atoms with E-state index in [1.165, 1.54) is 22.3 Å². The molecule has 1 saturated heterocycles. The topological polar surface area (TPSA) is 95.9 Å². The van der Waals surface area contributed by atoms with Crippen LogP contribution in [0.3, 0.4) is 0 Å². The number of hydrogen-bond donors (Lipinski definition) is 2. The van der Waals surface area contributed by atoms with Gasteiger partial charge in [0.1, 0.15) is 6.61 Å². The number of alkyl carbamates (subject to hydrolysis) is 1. The Labute approximate surface area is 200 Å². The highest BCUT2D eigenvalue weighted by atomic mass is 16.5. The third kappa shape index (κ3) is 4.93. The van der Waals surface area contributed by atoms with Gasteiger partial charge in [-0.15, -0.1) is 0 Å². The number of carboxylic acids is 1. The van der Waals surface area contributed by atoms with Crippen molar-refractivity contribution in [3.8, 4) is 11.1 Å². The summed E-state index contributed by atoms with van der Waals surface area (Å²) in [5.74, 6) is -1.23. The van der Waals surface area contributed by atoms with Crippen molar-refractivity contribution in [3.05, 3.63) is 59.7 Å². The molecular formula is C27H32N2O5. The van der Waals surface area contributed by atoms with Crippen molar-refractivity contribution in [2.75, 3.05) is 26.2 Å². The number of benzene rings is 2. The Hall–Kier alpha value is -3.35. The Morgan fingerprint density at radius 3 is 2.21 bits per heavy atom. The van der Waals surface area contributed by atoms with Crippen LogP contribution in [0.5, 0.6) is 0 Å². The van der Waals surface area contributed by atoms with Crippen LogP contribution >= 0.6 is 0 Å². The molecule has 2 atom stereocenters. The van der Waals surface area contributed by atoms with Crippen LogP contribution in [0.25, 0.3) is 11.1 Å². The number of ether oxygens (including phenoxy) is 1. The highest BCUT2D eigenvalue weighted by molar-refractivity contribution is 5.79. The van der Waals surface area contributed by atoms with E-state index in [0.29, 0.717) is 26.1 Å². The van der Waals surface area contributed by atoms with Crippen LogP contribution in [-0.2, 0) is 14.3 Å². The molecule has 0 bridgehead atoms. The van der Waals surface area contributed by atoms with Gasteiger partial charge in [-0.3, -0.25) is 9.59 Å². The normalized spacial score (nSPS) is 16.7. The van der Waals surface area contributed by atoms with Crippen LogP contribution in [0.4, 0.5) is 4.79 Å². The van der Waals surface area contributed by atoms with Crippen molar-refractivity contribution in [2.24, 2.45) is 17.8 Å². The largest absolute Gasteiger partial charge is 0.481 e. The molecular weight excluding hydrogens is 432 g/mol. The molecule has 2 aliphatic rings. The molecule has 0 spiro atoms. The van der Waals surface area contributed by atoms with Crippen molar-refractivity contribution in [2.45, 2.75) is 32.6 Å². The number of likely N-dealkylation sites (tertiary alicyclic amines) is 1. The van der Waals surface area contributed by atoms with Crippen LogP contribution in [0.2, 0.25) is 0 Å². The third-order valence-corrected chi connectivity index (χ3v) is 7.28. The fraction of sp³-hybridized carbons (Fsp3) is 0.444. The van der Waals surface area contributed by atoms with Gasteiger partial charge < -0.3 is 20.1 Å². The van der Waals surface area contributed by atoms with Crippen LogP contribution in [0.15, 0.2) is 48.5 Å². The van der Waals surface area contributed by atoms with Gasteiger partial charge in [0.25, 0.3) is 0 Å². The zero-order valence-electron chi connectivity index (χ0n) is 19.7. The number of hydrogen-bond acceptors (Lipinski definition) is 4. The van der Waals surface area contributed by atoms with Gasteiger partial charge in [0.2, 0.25) is 5.91 Å². The van der Waals surface area contributed by atoms with E-state index in [9.17, 15) is 14.4 Å². The molecule has 2 amide bonds. The lowest BCUT2D eigenvalue weighted by Crippen LogP contribution is -2.54. The summed E-state index contributed by atoms with van der Waals surface area (Å²) in [6.45, 7) is 5.27. The van der Waals surface area contributed by atoms with Gasteiger partial charge in [0.15, 0.2) is 0 Å². The summed E-state index contributed by atoms with van der Waals surface area (Å²) >= 11 is 0. The molecule has 0 saturated carbocycles. The average molecular weight is 465 g/mol. The first-order chi connectivity index (χ1) is 16.4. The van der Waals surface area contributed by atoms with E-state index in [0.717, 1.165) is 6.42 Å². The lowest BCUT2D eigenvalue weighted by Gasteiger charge is -2.41. The molecule has 2 aromatic rings. The van der Waals surface area contributed by atoms with Crippen molar-refractivity contribution >= 4 is 18.0 Å². The molecule has 2 aromatic carbocycles. The van der Waals surface area contributed by atoms with Gasteiger partial charge in [-0.05, 0) is 28.2 Å². The lowest BCUT2D eigenvalue weighted by molar-refractivity contribution is -0.150. The minimum Gasteiger partial charge on any atom is -0.481 e. The fourth-order valence-electron chi connectivity index (χ4n) is 4.85.